The van der Waals surface area contributed by atoms with Gasteiger partial charge in [-0.25, -0.2) is 4.98 Å². The van der Waals surface area contributed by atoms with Crippen LogP contribution in [0.3, 0.4) is 0 Å². The Hall–Kier alpha value is -4.08. The van der Waals surface area contributed by atoms with E-state index in [1.807, 2.05) is 100 Å². The molecule has 1 N–H and O–H groups in total. The molecule has 0 radical (unpaired) electrons. The number of aromatic nitrogens is 1. The number of ether oxygens (including phenoxy) is 1. The Kier molecular flexibility index (Phi) is 7.95. The molecule has 0 bridgehead atoms. The number of hydrogen-bond acceptors (Lipinski definition) is 5. The highest BCUT2D eigenvalue weighted by Crippen LogP contribution is 2.36. The molecule has 1 heterocycles. The molecule has 6 heteroatoms. The second-order valence-electron chi connectivity index (χ2n) is 8.99. The second kappa shape index (κ2) is 11.3. The van der Waals surface area contributed by atoms with Crippen LogP contribution in [0.25, 0.3) is 22.4 Å². The van der Waals surface area contributed by atoms with Gasteiger partial charge in [-0.1, -0.05) is 47.7 Å². The van der Waals surface area contributed by atoms with Crippen molar-refractivity contribution < 1.29 is 9.53 Å². The number of thioether (sulfide) groups is 1. The van der Waals surface area contributed by atoms with Gasteiger partial charge >= 0.3 is 0 Å². The highest BCUT2D eigenvalue weighted by atomic mass is 32.2. The van der Waals surface area contributed by atoms with Crippen LogP contribution in [0.5, 0.6) is 5.75 Å². The van der Waals surface area contributed by atoms with E-state index >= 15 is 0 Å². The summed E-state index contributed by atoms with van der Waals surface area (Å²) in [7, 11) is 1.63. The van der Waals surface area contributed by atoms with E-state index in [1.54, 1.807) is 7.11 Å². The first-order chi connectivity index (χ1) is 17.8. The van der Waals surface area contributed by atoms with Gasteiger partial charge in [0.15, 0.2) is 0 Å². The van der Waals surface area contributed by atoms with Gasteiger partial charge in [-0.15, -0.1) is 0 Å². The Morgan fingerprint density at radius 2 is 1.62 bits per heavy atom. The standard InChI is InChI=1S/C31H29N3O2S/c1-19-6-9-23(10-7-19)27-17-29(24-11-14-26(36-5)15-12-24)34-31(28(27)18-32)37-22(4)30(35)33-25-13-8-20(2)21(3)16-25/h6-17,22H,1-5H3,(H,33,35). The predicted octanol–water partition coefficient (Wildman–Crippen LogP) is 7.34. The zero-order valence-corrected chi connectivity index (χ0v) is 22.4. The van der Waals surface area contributed by atoms with Gasteiger partial charge in [-0.3, -0.25) is 4.79 Å². The van der Waals surface area contributed by atoms with Crippen molar-refractivity contribution >= 4 is 23.4 Å². The summed E-state index contributed by atoms with van der Waals surface area (Å²) in [5.41, 5.74) is 7.95. The van der Waals surface area contributed by atoms with Crippen LogP contribution in [0.1, 0.15) is 29.2 Å². The lowest BCUT2D eigenvalue weighted by molar-refractivity contribution is -0.115. The molecule has 1 unspecified atom stereocenters. The number of benzene rings is 3. The minimum atomic E-state index is -0.474. The SMILES string of the molecule is COc1ccc(-c2cc(-c3ccc(C)cc3)c(C#N)c(SC(C)C(=O)Nc3ccc(C)c(C)c3)n2)cc1. The number of aryl methyl sites for hydroxylation is 3. The molecule has 0 aliphatic rings. The number of nitrogens with one attached hydrogen (secondary N) is 1. The molecule has 37 heavy (non-hydrogen) atoms. The topological polar surface area (TPSA) is 75.0 Å². The quantitative estimate of drug-likeness (QED) is 0.265. The molecule has 1 atom stereocenters. The smallest absolute Gasteiger partial charge is 0.237 e. The summed E-state index contributed by atoms with van der Waals surface area (Å²) in [4.78, 5) is 17.9. The first kappa shape index (κ1) is 26.0. The summed E-state index contributed by atoms with van der Waals surface area (Å²) in [6.07, 6.45) is 0. The summed E-state index contributed by atoms with van der Waals surface area (Å²) in [5.74, 6) is 0.605. The average Bonchev–Trinajstić information content (AvgIpc) is 2.90. The monoisotopic (exact) mass is 507 g/mol. The molecule has 5 nitrogen and oxygen atoms in total. The first-order valence-corrected chi connectivity index (χ1v) is 12.9. The van der Waals surface area contributed by atoms with Crippen molar-refractivity contribution in [3.05, 3.63) is 95.1 Å². The van der Waals surface area contributed by atoms with Crippen LogP contribution in [0, 0.1) is 32.1 Å². The van der Waals surface area contributed by atoms with Crippen molar-refractivity contribution in [1.82, 2.24) is 4.98 Å². The molecule has 186 valence electrons. The molecule has 3 aromatic carbocycles. The number of nitrogens with zero attached hydrogens (tertiary/aromatic N) is 2. The molecule has 0 fully saturated rings. The van der Waals surface area contributed by atoms with E-state index in [2.05, 4.69) is 11.4 Å². The van der Waals surface area contributed by atoms with Crippen molar-refractivity contribution in [1.29, 1.82) is 5.26 Å². The summed E-state index contributed by atoms with van der Waals surface area (Å²) >= 11 is 1.29. The van der Waals surface area contributed by atoms with Gasteiger partial charge in [-0.2, -0.15) is 5.26 Å². The van der Waals surface area contributed by atoms with Gasteiger partial charge < -0.3 is 10.1 Å². The lowest BCUT2D eigenvalue weighted by atomic mass is 9.98. The third-order valence-electron chi connectivity index (χ3n) is 6.28. The summed E-state index contributed by atoms with van der Waals surface area (Å²) < 4.78 is 5.30. The van der Waals surface area contributed by atoms with Crippen molar-refractivity contribution in [3.63, 3.8) is 0 Å². The molecule has 1 amide bonds. The van der Waals surface area contributed by atoms with Crippen LogP contribution >= 0.6 is 11.8 Å². The highest BCUT2D eigenvalue weighted by molar-refractivity contribution is 8.00. The Morgan fingerprint density at radius 3 is 2.24 bits per heavy atom. The predicted molar refractivity (Wildman–Crippen MR) is 151 cm³/mol. The van der Waals surface area contributed by atoms with Crippen molar-refractivity contribution in [3.8, 4) is 34.2 Å². The fourth-order valence-corrected chi connectivity index (χ4v) is 4.79. The van der Waals surface area contributed by atoms with Gasteiger partial charge in [-0.05, 0) is 86.8 Å². The largest absolute Gasteiger partial charge is 0.497 e. The minimum absolute atomic E-state index is 0.148. The molecule has 1 aromatic heterocycles. The molecule has 0 spiro atoms. The molecule has 0 saturated heterocycles. The fourth-order valence-electron chi connectivity index (χ4n) is 3.87. The number of rotatable bonds is 7. The number of carbonyl (C=O) groups is 1. The minimum Gasteiger partial charge on any atom is -0.497 e. The van der Waals surface area contributed by atoms with Crippen molar-refractivity contribution in [2.45, 2.75) is 38.0 Å². The fraction of sp³-hybridized carbons (Fsp3) is 0.194. The third kappa shape index (κ3) is 6.02. The van der Waals surface area contributed by atoms with Gasteiger partial charge in [0, 0.05) is 16.8 Å². The van der Waals surface area contributed by atoms with E-state index < -0.39 is 5.25 Å². The number of pyridine rings is 1. The van der Waals surface area contributed by atoms with Crippen molar-refractivity contribution in [2.24, 2.45) is 0 Å². The van der Waals surface area contributed by atoms with E-state index in [0.29, 0.717) is 10.6 Å². The maximum Gasteiger partial charge on any atom is 0.237 e. The Bertz CT molecular complexity index is 1470. The number of carbonyl (C=O) groups excluding carboxylic acids is 1. The van der Waals surface area contributed by atoms with Crippen LogP contribution in [0.2, 0.25) is 0 Å². The number of hydrogen-bond donors (Lipinski definition) is 1. The van der Waals surface area contributed by atoms with E-state index in [1.165, 1.54) is 17.3 Å². The van der Waals surface area contributed by atoms with Crippen molar-refractivity contribution in [2.75, 3.05) is 12.4 Å². The highest BCUT2D eigenvalue weighted by Gasteiger charge is 2.22. The third-order valence-corrected chi connectivity index (χ3v) is 7.36. The molecule has 4 aromatic rings. The Labute approximate surface area is 222 Å². The van der Waals surface area contributed by atoms with Crippen LogP contribution in [0.4, 0.5) is 5.69 Å². The molecule has 0 aliphatic heterocycles. The number of anilines is 1. The lowest BCUT2D eigenvalue weighted by Gasteiger charge is -2.16. The number of amides is 1. The number of methoxy groups -OCH3 is 1. The maximum absolute atomic E-state index is 13.1. The molecule has 4 rings (SSSR count). The summed E-state index contributed by atoms with van der Waals surface area (Å²) in [6, 6.07) is 25.8. The maximum atomic E-state index is 13.1. The molecular weight excluding hydrogens is 478 g/mol. The van der Waals surface area contributed by atoms with Gasteiger partial charge in [0.2, 0.25) is 5.91 Å². The van der Waals surface area contributed by atoms with E-state index in [4.69, 9.17) is 9.72 Å². The van der Waals surface area contributed by atoms with Gasteiger partial charge in [0.05, 0.1) is 23.6 Å². The lowest BCUT2D eigenvalue weighted by Crippen LogP contribution is -2.22. The first-order valence-electron chi connectivity index (χ1n) is 12.0. The summed E-state index contributed by atoms with van der Waals surface area (Å²) in [6.45, 7) is 7.91. The zero-order valence-electron chi connectivity index (χ0n) is 21.6. The number of nitriles is 1. The second-order valence-corrected chi connectivity index (χ2v) is 10.3. The van der Waals surface area contributed by atoms with Crippen LogP contribution in [0.15, 0.2) is 77.8 Å². The van der Waals surface area contributed by atoms with E-state index in [0.717, 1.165) is 44.9 Å². The van der Waals surface area contributed by atoms with Gasteiger partial charge in [0.25, 0.3) is 0 Å². The molecule has 0 saturated carbocycles. The van der Waals surface area contributed by atoms with E-state index in [-0.39, 0.29) is 5.91 Å². The van der Waals surface area contributed by atoms with Crippen LogP contribution in [-0.4, -0.2) is 23.3 Å². The van der Waals surface area contributed by atoms with Crippen LogP contribution in [-0.2, 0) is 4.79 Å². The van der Waals surface area contributed by atoms with E-state index in [9.17, 15) is 10.1 Å². The average molecular weight is 508 g/mol. The Balaban J connectivity index is 1.72. The molecular formula is C31H29N3O2S. The Morgan fingerprint density at radius 1 is 0.946 bits per heavy atom. The van der Waals surface area contributed by atoms with Gasteiger partial charge in [0.1, 0.15) is 16.8 Å². The normalized spacial score (nSPS) is 11.5. The zero-order chi connectivity index (χ0) is 26.5. The van der Waals surface area contributed by atoms with Crippen LogP contribution < -0.4 is 10.1 Å². The molecule has 0 aliphatic carbocycles. The summed E-state index contributed by atoms with van der Waals surface area (Å²) in [5, 5.41) is 13.2.